The molecule has 3 N–H and O–H groups in total. The third-order valence-electron chi connectivity index (χ3n) is 2.81. The number of ether oxygens (including phenoxy) is 1. The monoisotopic (exact) mass is 331 g/mol. The highest BCUT2D eigenvalue weighted by atomic mass is 35.5. The summed E-state index contributed by atoms with van der Waals surface area (Å²) < 4.78 is 5.41. The Bertz CT molecular complexity index is 477. The lowest BCUT2D eigenvalue weighted by Gasteiger charge is -2.24. The average molecular weight is 332 g/mol. The quantitative estimate of drug-likeness (QED) is 0.739. The maximum absolute atomic E-state index is 11.0. The summed E-state index contributed by atoms with van der Waals surface area (Å²) in [5, 5.41) is 19.7. The largest absolute Gasteiger partial charge is 0.478 e. The molecule has 22 heavy (non-hydrogen) atoms. The molecule has 6 nitrogen and oxygen atoms in total. The Balaban J connectivity index is 0.000000534. The molecule has 0 aromatic heterocycles. The van der Waals surface area contributed by atoms with Crippen LogP contribution >= 0.6 is 11.6 Å². The summed E-state index contributed by atoms with van der Waals surface area (Å²) in [5.74, 6) is -0.467. The van der Waals surface area contributed by atoms with E-state index in [1.165, 1.54) is 0 Å². The van der Waals surface area contributed by atoms with Crippen molar-refractivity contribution in [3.05, 3.63) is 29.3 Å². The van der Waals surface area contributed by atoms with Gasteiger partial charge in [0.2, 0.25) is 5.60 Å². The highest BCUT2D eigenvalue weighted by Gasteiger charge is 2.33. The molecule has 0 aliphatic carbocycles. The zero-order chi connectivity index (χ0) is 17.2. The smallest absolute Gasteiger partial charge is 0.404 e. The van der Waals surface area contributed by atoms with Crippen LogP contribution in [0.4, 0.5) is 4.79 Å². The first kappa shape index (κ1) is 20.1. The molecule has 0 saturated heterocycles. The molecular formula is C15H22ClNO5. The van der Waals surface area contributed by atoms with E-state index < -0.39 is 17.7 Å². The van der Waals surface area contributed by atoms with Crippen LogP contribution in [0.2, 0.25) is 5.02 Å². The number of aliphatic carboxylic acids is 1. The summed E-state index contributed by atoms with van der Waals surface area (Å²) >= 11 is 5.71. The van der Waals surface area contributed by atoms with Crippen LogP contribution < -0.4 is 10.1 Å². The topological polar surface area (TPSA) is 95.9 Å². The summed E-state index contributed by atoms with van der Waals surface area (Å²) in [6, 6.07) is 6.63. The molecule has 1 aromatic carbocycles. The van der Waals surface area contributed by atoms with E-state index in [1.807, 2.05) is 6.92 Å². The Morgan fingerprint density at radius 1 is 1.23 bits per heavy atom. The standard InChI is InChI=1S/C11H13ClO3.C4H9NO2/c1-3-11(2,10(13)14)15-9-6-4-8(12)5-7-9;1-2-3-5-4(6)7/h4-7H,3H2,1-2H3,(H,13,14);5H,2-3H2,1H3,(H,6,7). The van der Waals surface area contributed by atoms with Crippen LogP contribution in [-0.4, -0.2) is 34.4 Å². The van der Waals surface area contributed by atoms with Gasteiger partial charge in [-0.25, -0.2) is 9.59 Å². The van der Waals surface area contributed by atoms with Crippen molar-refractivity contribution < 1.29 is 24.5 Å². The number of hydrogen-bond acceptors (Lipinski definition) is 3. The van der Waals surface area contributed by atoms with Crippen molar-refractivity contribution in [3.8, 4) is 5.75 Å². The Morgan fingerprint density at radius 3 is 2.09 bits per heavy atom. The van der Waals surface area contributed by atoms with E-state index in [0.717, 1.165) is 6.42 Å². The summed E-state index contributed by atoms with van der Waals surface area (Å²) in [6.45, 7) is 5.78. The zero-order valence-electron chi connectivity index (χ0n) is 12.9. The van der Waals surface area contributed by atoms with Gasteiger partial charge in [-0.05, 0) is 44.0 Å². The predicted molar refractivity (Wildman–Crippen MR) is 84.7 cm³/mol. The molecule has 0 fully saturated rings. The van der Waals surface area contributed by atoms with Crippen molar-refractivity contribution in [1.82, 2.24) is 5.32 Å². The number of carboxylic acids is 1. The fourth-order valence-corrected chi connectivity index (χ4v) is 1.39. The lowest BCUT2D eigenvalue weighted by atomic mass is 10.0. The number of amides is 1. The molecule has 124 valence electrons. The molecule has 0 bridgehead atoms. The van der Waals surface area contributed by atoms with Gasteiger partial charge in [-0.2, -0.15) is 0 Å². The van der Waals surface area contributed by atoms with E-state index in [2.05, 4.69) is 5.32 Å². The lowest BCUT2D eigenvalue weighted by Crippen LogP contribution is -2.40. The summed E-state index contributed by atoms with van der Waals surface area (Å²) in [5.41, 5.74) is -1.19. The molecule has 0 saturated carbocycles. The number of nitrogens with one attached hydrogen (secondary N) is 1. The van der Waals surface area contributed by atoms with E-state index in [0.29, 0.717) is 23.7 Å². The van der Waals surface area contributed by atoms with Crippen LogP contribution in [0, 0.1) is 0 Å². The minimum atomic E-state index is -1.19. The molecule has 0 aliphatic heterocycles. The maximum atomic E-state index is 11.0. The van der Waals surface area contributed by atoms with E-state index in [1.54, 1.807) is 38.1 Å². The SMILES string of the molecule is CCC(C)(Oc1ccc(Cl)cc1)C(=O)O.CCCNC(=O)O. The van der Waals surface area contributed by atoms with Crippen molar-refractivity contribution in [2.75, 3.05) is 6.54 Å². The van der Waals surface area contributed by atoms with Crippen molar-refractivity contribution in [2.45, 2.75) is 39.2 Å². The summed E-state index contributed by atoms with van der Waals surface area (Å²) in [4.78, 5) is 20.6. The van der Waals surface area contributed by atoms with Gasteiger partial charge in [0.25, 0.3) is 0 Å². The third kappa shape index (κ3) is 7.73. The highest BCUT2D eigenvalue weighted by Crippen LogP contribution is 2.23. The Labute approximate surface area is 135 Å². The molecule has 7 heteroatoms. The minimum absolute atomic E-state index is 0.394. The molecule has 0 heterocycles. The molecule has 0 spiro atoms. The zero-order valence-corrected chi connectivity index (χ0v) is 13.7. The van der Waals surface area contributed by atoms with Crippen molar-refractivity contribution in [3.63, 3.8) is 0 Å². The van der Waals surface area contributed by atoms with Crippen LogP contribution in [0.25, 0.3) is 0 Å². The number of carboxylic acid groups (broad SMARTS) is 2. The molecule has 1 atom stereocenters. The summed E-state index contributed by atoms with van der Waals surface area (Å²) in [7, 11) is 0. The normalized spacial score (nSPS) is 12.4. The number of carbonyl (C=O) groups is 2. The lowest BCUT2D eigenvalue weighted by molar-refractivity contribution is -0.154. The highest BCUT2D eigenvalue weighted by molar-refractivity contribution is 6.30. The van der Waals surface area contributed by atoms with Gasteiger partial charge in [-0.1, -0.05) is 25.4 Å². The average Bonchev–Trinajstić information content (AvgIpc) is 2.47. The van der Waals surface area contributed by atoms with Gasteiger partial charge in [-0.3, -0.25) is 0 Å². The molecule has 1 amide bonds. The fourth-order valence-electron chi connectivity index (χ4n) is 1.26. The van der Waals surface area contributed by atoms with Crippen LogP contribution in [0.15, 0.2) is 24.3 Å². The number of rotatable bonds is 6. The second kappa shape index (κ2) is 9.89. The van der Waals surface area contributed by atoms with E-state index >= 15 is 0 Å². The first-order valence-corrected chi connectivity index (χ1v) is 7.27. The van der Waals surface area contributed by atoms with Gasteiger partial charge in [0.1, 0.15) is 5.75 Å². The van der Waals surface area contributed by atoms with Crippen LogP contribution in [0.1, 0.15) is 33.6 Å². The Kier molecular flexibility index (Phi) is 9.01. The van der Waals surface area contributed by atoms with Gasteiger partial charge in [-0.15, -0.1) is 0 Å². The summed E-state index contributed by atoms with van der Waals surface area (Å²) in [6.07, 6.45) is 0.305. The third-order valence-corrected chi connectivity index (χ3v) is 3.06. The van der Waals surface area contributed by atoms with Gasteiger partial charge < -0.3 is 20.3 Å². The van der Waals surface area contributed by atoms with E-state index in [9.17, 15) is 9.59 Å². The van der Waals surface area contributed by atoms with Gasteiger partial charge >= 0.3 is 12.1 Å². The molecular weight excluding hydrogens is 310 g/mol. The van der Waals surface area contributed by atoms with Crippen LogP contribution in [-0.2, 0) is 4.79 Å². The van der Waals surface area contributed by atoms with Crippen LogP contribution in [0.5, 0.6) is 5.75 Å². The number of benzene rings is 1. The number of hydrogen-bond donors (Lipinski definition) is 3. The first-order valence-electron chi connectivity index (χ1n) is 6.90. The van der Waals surface area contributed by atoms with Gasteiger partial charge in [0.15, 0.2) is 0 Å². The predicted octanol–water partition coefficient (Wildman–Crippen LogP) is 3.64. The first-order chi connectivity index (χ1) is 10.2. The van der Waals surface area contributed by atoms with Gasteiger partial charge in [0.05, 0.1) is 0 Å². The second-order valence-electron chi connectivity index (χ2n) is 4.68. The maximum Gasteiger partial charge on any atom is 0.404 e. The van der Waals surface area contributed by atoms with Crippen LogP contribution in [0.3, 0.4) is 0 Å². The number of halogens is 1. The molecule has 0 aliphatic rings. The Morgan fingerprint density at radius 2 is 1.77 bits per heavy atom. The minimum Gasteiger partial charge on any atom is -0.478 e. The van der Waals surface area contributed by atoms with Crippen molar-refractivity contribution in [1.29, 1.82) is 0 Å². The molecule has 1 aromatic rings. The second-order valence-corrected chi connectivity index (χ2v) is 5.11. The fraction of sp³-hybridized carbons (Fsp3) is 0.467. The Hall–Kier alpha value is -1.95. The van der Waals surface area contributed by atoms with Crippen molar-refractivity contribution >= 4 is 23.7 Å². The molecule has 0 radical (unpaired) electrons. The van der Waals surface area contributed by atoms with Gasteiger partial charge in [0, 0.05) is 11.6 Å². The van der Waals surface area contributed by atoms with E-state index in [-0.39, 0.29) is 0 Å². The van der Waals surface area contributed by atoms with Crippen molar-refractivity contribution in [2.24, 2.45) is 0 Å². The molecule has 1 rings (SSSR count). The molecule has 1 unspecified atom stereocenters. The van der Waals surface area contributed by atoms with E-state index in [4.69, 9.17) is 26.6 Å².